The molecule has 0 atom stereocenters. The fourth-order valence-corrected chi connectivity index (χ4v) is 4.47. The van der Waals surface area contributed by atoms with Crippen LogP contribution in [0.3, 0.4) is 0 Å². The Morgan fingerprint density at radius 2 is 1.83 bits per heavy atom. The van der Waals surface area contributed by atoms with Crippen LogP contribution in [-0.2, 0) is 19.6 Å². The number of nitrogens with zero attached hydrogens (tertiary/aromatic N) is 2. The molecular weight excluding hydrogens is 392 g/mol. The maximum Gasteiger partial charge on any atom is 0.363 e. The van der Waals surface area contributed by atoms with Crippen LogP contribution in [0.5, 0.6) is 5.75 Å². The summed E-state index contributed by atoms with van der Waals surface area (Å²) in [6.07, 6.45) is 1.57. The summed E-state index contributed by atoms with van der Waals surface area (Å²) in [6.45, 7) is 4.29. The predicted octanol–water partition coefficient (Wildman–Crippen LogP) is 3.07. The summed E-state index contributed by atoms with van der Waals surface area (Å²) < 4.78 is 37.4. The smallest absolute Gasteiger partial charge is 0.363 e. The van der Waals surface area contributed by atoms with Gasteiger partial charge in [-0.2, -0.15) is 4.31 Å². The number of sulfonamides is 1. The quantitative estimate of drug-likeness (QED) is 0.513. The number of aliphatic imine (C=N–C) groups is 1. The van der Waals surface area contributed by atoms with Crippen LogP contribution in [0.2, 0.25) is 0 Å². The van der Waals surface area contributed by atoms with Crippen LogP contribution < -0.4 is 4.74 Å². The number of carbonyl (C=O) groups excluding carboxylic acids is 1. The lowest BCUT2D eigenvalue weighted by molar-refractivity contribution is -0.129. The fourth-order valence-electron chi connectivity index (χ4n) is 2.97. The molecule has 0 N–H and O–H groups in total. The Kier molecular flexibility index (Phi) is 6.14. The zero-order valence-electron chi connectivity index (χ0n) is 16.5. The van der Waals surface area contributed by atoms with Gasteiger partial charge in [-0.3, -0.25) is 0 Å². The molecule has 1 heterocycles. The minimum Gasteiger partial charge on any atom is -0.496 e. The maximum absolute atomic E-state index is 12.8. The second-order valence-electron chi connectivity index (χ2n) is 6.20. The van der Waals surface area contributed by atoms with E-state index in [1.165, 1.54) is 16.4 Å². The Hall–Kier alpha value is -2.97. The summed E-state index contributed by atoms with van der Waals surface area (Å²) in [4.78, 5) is 16.7. The molecule has 0 saturated carbocycles. The molecule has 1 aliphatic rings. The number of carbonyl (C=O) groups is 1. The van der Waals surface area contributed by atoms with Crippen LogP contribution in [0.25, 0.3) is 6.08 Å². The maximum atomic E-state index is 12.8. The molecule has 0 radical (unpaired) electrons. The van der Waals surface area contributed by atoms with Crippen molar-refractivity contribution in [1.82, 2.24) is 4.31 Å². The molecule has 7 nitrogen and oxygen atoms in total. The van der Waals surface area contributed by atoms with Crippen LogP contribution >= 0.6 is 0 Å². The third kappa shape index (κ3) is 4.23. The van der Waals surface area contributed by atoms with Crippen molar-refractivity contribution in [3.63, 3.8) is 0 Å². The highest BCUT2D eigenvalue weighted by atomic mass is 32.2. The number of cyclic esters (lactones) is 1. The Labute approximate surface area is 170 Å². The molecule has 0 spiro atoms. The molecule has 152 valence electrons. The summed E-state index contributed by atoms with van der Waals surface area (Å²) in [6, 6.07) is 13.4. The molecular formula is C21H22N2O5S. The van der Waals surface area contributed by atoms with Gasteiger partial charge in [0.25, 0.3) is 0 Å². The van der Waals surface area contributed by atoms with Gasteiger partial charge in [-0.15, -0.1) is 0 Å². The van der Waals surface area contributed by atoms with Gasteiger partial charge in [0.2, 0.25) is 15.9 Å². The zero-order valence-corrected chi connectivity index (χ0v) is 17.3. The summed E-state index contributed by atoms with van der Waals surface area (Å²) in [7, 11) is -2.09. The third-order valence-corrected chi connectivity index (χ3v) is 6.52. The van der Waals surface area contributed by atoms with E-state index in [2.05, 4.69) is 4.99 Å². The van der Waals surface area contributed by atoms with Gasteiger partial charge < -0.3 is 9.47 Å². The van der Waals surface area contributed by atoms with Gasteiger partial charge in [-0.25, -0.2) is 18.2 Å². The van der Waals surface area contributed by atoms with Gasteiger partial charge in [0.1, 0.15) is 5.75 Å². The molecule has 0 aliphatic carbocycles. The molecule has 3 rings (SSSR count). The number of esters is 1. The van der Waals surface area contributed by atoms with E-state index in [-0.39, 0.29) is 16.5 Å². The number of benzene rings is 2. The first-order valence-electron chi connectivity index (χ1n) is 9.16. The number of methoxy groups -OCH3 is 1. The molecule has 2 aromatic rings. The van der Waals surface area contributed by atoms with Gasteiger partial charge in [0.15, 0.2) is 5.70 Å². The number of ether oxygens (including phenoxy) is 2. The number of rotatable bonds is 7. The minimum absolute atomic E-state index is 0.0627. The van der Waals surface area contributed by atoms with E-state index in [9.17, 15) is 13.2 Å². The highest BCUT2D eigenvalue weighted by molar-refractivity contribution is 7.89. The second-order valence-corrected chi connectivity index (χ2v) is 8.13. The van der Waals surface area contributed by atoms with Crippen molar-refractivity contribution in [2.45, 2.75) is 18.7 Å². The molecule has 0 unspecified atom stereocenters. The number of hydrogen-bond donors (Lipinski definition) is 0. The highest BCUT2D eigenvalue weighted by Crippen LogP contribution is 2.25. The lowest BCUT2D eigenvalue weighted by Crippen LogP contribution is -2.30. The zero-order chi connectivity index (χ0) is 21.0. The lowest BCUT2D eigenvalue weighted by Gasteiger charge is -2.18. The molecule has 0 bridgehead atoms. The van der Waals surface area contributed by atoms with Crippen LogP contribution in [0.4, 0.5) is 0 Å². The summed E-state index contributed by atoms with van der Waals surface area (Å²) in [5.41, 5.74) is 1.21. The first kappa shape index (κ1) is 20.8. The fraction of sp³-hybridized carbons (Fsp3) is 0.238. The molecule has 29 heavy (non-hydrogen) atoms. The SMILES string of the molecule is CCN(CC)S(=O)(=O)c1cccc(C2=N/C(=C/c3ccccc3OC)C(=O)O2)c1. The lowest BCUT2D eigenvalue weighted by atomic mass is 10.1. The van der Waals surface area contributed by atoms with Crippen molar-refractivity contribution in [1.29, 1.82) is 0 Å². The summed E-state index contributed by atoms with van der Waals surface area (Å²) in [5, 5.41) is 0. The summed E-state index contributed by atoms with van der Waals surface area (Å²) >= 11 is 0. The average Bonchev–Trinajstić information content (AvgIpc) is 3.09. The van der Waals surface area contributed by atoms with Crippen molar-refractivity contribution < 1.29 is 22.7 Å². The van der Waals surface area contributed by atoms with Crippen LogP contribution in [0.1, 0.15) is 25.0 Å². The van der Waals surface area contributed by atoms with E-state index in [1.807, 2.05) is 12.1 Å². The Bertz CT molecular complexity index is 1090. The monoisotopic (exact) mass is 414 g/mol. The first-order chi connectivity index (χ1) is 13.9. The van der Waals surface area contributed by atoms with E-state index in [0.717, 1.165) is 0 Å². The Morgan fingerprint density at radius 3 is 2.52 bits per heavy atom. The van der Waals surface area contributed by atoms with E-state index in [0.29, 0.717) is 30.0 Å². The number of para-hydroxylation sites is 1. The third-order valence-electron chi connectivity index (χ3n) is 4.48. The molecule has 0 amide bonds. The van der Waals surface area contributed by atoms with E-state index >= 15 is 0 Å². The van der Waals surface area contributed by atoms with E-state index in [1.54, 1.807) is 51.3 Å². The molecule has 0 fully saturated rings. The molecule has 2 aromatic carbocycles. The van der Waals surface area contributed by atoms with Gasteiger partial charge >= 0.3 is 5.97 Å². The van der Waals surface area contributed by atoms with Crippen molar-refractivity contribution in [2.75, 3.05) is 20.2 Å². The minimum atomic E-state index is -3.63. The van der Waals surface area contributed by atoms with Crippen molar-refractivity contribution in [2.24, 2.45) is 4.99 Å². The standard InChI is InChI=1S/C21H22N2O5S/c1-4-23(5-2)29(25,26)17-11-8-10-16(13-17)20-22-18(21(24)28-20)14-15-9-6-7-12-19(15)27-3/h6-14H,4-5H2,1-3H3/b18-14+. The van der Waals surface area contributed by atoms with Crippen molar-refractivity contribution in [3.8, 4) is 5.75 Å². The first-order valence-corrected chi connectivity index (χ1v) is 10.6. The van der Waals surface area contributed by atoms with Gasteiger partial charge in [-0.05, 0) is 30.3 Å². The largest absolute Gasteiger partial charge is 0.496 e. The average molecular weight is 414 g/mol. The van der Waals surface area contributed by atoms with Gasteiger partial charge in [0.05, 0.1) is 12.0 Å². The summed E-state index contributed by atoms with van der Waals surface area (Å²) in [5.74, 6) is 0.0550. The Balaban J connectivity index is 1.97. The van der Waals surface area contributed by atoms with Gasteiger partial charge in [-0.1, -0.05) is 38.1 Å². The highest BCUT2D eigenvalue weighted by Gasteiger charge is 2.27. The van der Waals surface area contributed by atoms with Crippen LogP contribution in [0, 0.1) is 0 Å². The van der Waals surface area contributed by atoms with E-state index < -0.39 is 16.0 Å². The van der Waals surface area contributed by atoms with Crippen LogP contribution in [0.15, 0.2) is 64.1 Å². The van der Waals surface area contributed by atoms with E-state index in [4.69, 9.17) is 9.47 Å². The molecule has 1 aliphatic heterocycles. The Morgan fingerprint density at radius 1 is 1.10 bits per heavy atom. The van der Waals surface area contributed by atoms with Crippen LogP contribution in [-0.4, -0.2) is 44.8 Å². The van der Waals surface area contributed by atoms with Crippen molar-refractivity contribution >= 4 is 28.0 Å². The topological polar surface area (TPSA) is 85.3 Å². The van der Waals surface area contributed by atoms with Gasteiger partial charge in [0, 0.05) is 24.2 Å². The molecule has 8 heteroatoms. The van der Waals surface area contributed by atoms with Crippen molar-refractivity contribution in [3.05, 3.63) is 65.4 Å². The number of hydrogen-bond acceptors (Lipinski definition) is 6. The second kappa shape index (κ2) is 8.59. The molecule has 0 saturated heterocycles. The predicted molar refractivity (Wildman–Crippen MR) is 110 cm³/mol. The molecule has 0 aromatic heterocycles. The normalized spacial score (nSPS) is 15.5.